The molecule has 0 saturated carbocycles. The molecule has 20 heavy (non-hydrogen) atoms. The fourth-order valence-corrected chi connectivity index (χ4v) is 2.31. The Morgan fingerprint density at radius 3 is 2.75 bits per heavy atom. The zero-order valence-electron chi connectivity index (χ0n) is 11.4. The fraction of sp³-hybridized carbons (Fsp3) is 0.467. The SMILES string of the molecule is O=C(NCCC(=O)N1CCCC(O)C1)c1ccccc1. The maximum Gasteiger partial charge on any atom is 0.251 e. The first kappa shape index (κ1) is 14.5. The van der Waals surface area contributed by atoms with Crippen molar-refractivity contribution >= 4 is 11.8 Å². The van der Waals surface area contributed by atoms with Crippen LogP contribution in [0, 0.1) is 0 Å². The molecule has 1 atom stereocenters. The minimum Gasteiger partial charge on any atom is -0.391 e. The summed E-state index contributed by atoms with van der Waals surface area (Å²) in [4.78, 5) is 25.4. The Labute approximate surface area is 118 Å². The van der Waals surface area contributed by atoms with Gasteiger partial charge in [-0.1, -0.05) is 18.2 Å². The lowest BCUT2D eigenvalue weighted by molar-refractivity contribution is -0.134. The molecule has 1 aromatic rings. The van der Waals surface area contributed by atoms with Crippen LogP contribution in [0.1, 0.15) is 29.6 Å². The summed E-state index contributed by atoms with van der Waals surface area (Å²) in [5.74, 6) is -0.186. The predicted octanol–water partition coefficient (Wildman–Crippen LogP) is 0.790. The Bertz CT molecular complexity index is 461. The molecule has 108 valence electrons. The zero-order chi connectivity index (χ0) is 14.4. The summed E-state index contributed by atoms with van der Waals surface area (Å²) < 4.78 is 0. The van der Waals surface area contributed by atoms with Crippen molar-refractivity contribution in [1.82, 2.24) is 10.2 Å². The lowest BCUT2D eigenvalue weighted by Gasteiger charge is -2.30. The Morgan fingerprint density at radius 1 is 1.30 bits per heavy atom. The molecule has 0 aromatic heterocycles. The van der Waals surface area contributed by atoms with Crippen LogP contribution < -0.4 is 5.32 Å². The Morgan fingerprint density at radius 2 is 2.05 bits per heavy atom. The molecule has 1 unspecified atom stereocenters. The molecule has 2 N–H and O–H groups in total. The lowest BCUT2D eigenvalue weighted by atomic mass is 10.1. The summed E-state index contributed by atoms with van der Waals surface area (Å²) in [6, 6.07) is 8.92. The second-order valence-electron chi connectivity index (χ2n) is 5.01. The van der Waals surface area contributed by atoms with Crippen molar-refractivity contribution in [2.45, 2.75) is 25.4 Å². The molecule has 1 aromatic carbocycles. The zero-order valence-corrected chi connectivity index (χ0v) is 11.4. The fourth-order valence-electron chi connectivity index (χ4n) is 2.31. The van der Waals surface area contributed by atoms with Crippen molar-refractivity contribution in [2.24, 2.45) is 0 Å². The average molecular weight is 276 g/mol. The van der Waals surface area contributed by atoms with Gasteiger partial charge in [-0.05, 0) is 25.0 Å². The molecule has 2 rings (SSSR count). The highest BCUT2D eigenvalue weighted by Crippen LogP contribution is 2.10. The van der Waals surface area contributed by atoms with Gasteiger partial charge in [0.25, 0.3) is 5.91 Å². The molecule has 5 heteroatoms. The topological polar surface area (TPSA) is 69.6 Å². The number of hydrogen-bond donors (Lipinski definition) is 2. The van der Waals surface area contributed by atoms with E-state index in [2.05, 4.69) is 5.32 Å². The molecule has 0 aliphatic carbocycles. The van der Waals surface area contributed by atoms with E-state index in [1.165, 1.54) is 0 Å². The molecular formula is C15H20N2O3. The second-order valence-corrected chi connectivity index (χ2v) is 5.01. The third-order valence-electron chi connectivity index (χ3n) is 3.41. The molecule has 5 nitrogen and oxygen atoms in total. The van der Waals surface area contributed by atoms with Gasteiger partial charge in [0.15, 0.2) is 0 Å². The molecule has 1 fully saturated rings. The molecule has 0 spiro atoms. The van der Waals surface area contributed by atoms with Crippen LogP contribution in [-0.4, -0.2) is 47.6 Å². The molecule has 0 bridgehead atoms. The number of benzene rings is 1. The highest BCUT2D eigenvalue weighted by molar-refractivity contribution is 5.94. The third kappa shape index (κ3) is 4.06. The minimum absolute atomic E-state index is 0.0166. The summed E-state index contributed by atoms with van der Waals surface area (Å²) >= 11 is 0. The Kier molecular flexibility index (Phi) is 5.12. The molecule has 1 aliphatic rings. The number of rotatable bonds is 4. The summed E-state index contributed by atoms with van der Waals surface area (Å²) in [6.45, 7) is 1.42. The van der Waals surface area contributed by atoms with E-state index in [1.54, 1.807) is 29.2 Å². The Balaban J connectivity index is 1.73. The van der Waals surface area contributed by atoms with Crippen molar-refractivity contribution in [3.05, 3.63) is 35.9 Å². The van der Waals surface area contributed by atoms with Gasteiger partial charge >= 0.3 is 0 Å². The minimum atomic E-state index is -0.411. The van der Waals surface area contributed by atoms with Gasteiger partial charge in [0.2, 0.25) is 5.91 Å². The van der Waals surface area contributed by atoms with Gasteiger partial charge in [0, 0.05) is 31.6 Å². The summed E-state index contributed by atoms with van der Waals surface area (Å²) in [5.41, 5.74) is 0.591. The van der Waals surface area contributed by atoms with E-state index in [9.17, 15) is 14.7 Å². The van der Waals surface area contributed by atoms with Gasteiger partial charge < -0.3 is 15.3 Å². The van der Waals surface area contributed by atoms with Crippen LogP contribution in [-0.2, 0) is 4.79 Å². The number of β-amino-alcohol motifs (C(OH)–C–C–N with tert-alkyl or cyclic N) is 1. The van der Waals surface area contributed by atoms with Gasteiger partial charge in [0.05, 0.1) is 6.10 Å². The number of carbonyl (C=O) groups excluding carboxylic acids is 2. The smallest absolute Gasteiger partial charge is 0.251 e. The third-order valence-corrected chi connectivity index (χ3v) is 3.41. The summed E-state index contributed by atoms with van der Waals surface area (Å²) in [6.07, 6.45) is 1.45. The van der Waals surface area contributed by atoms with E-state index in [-0.39, 0.29) is 18.2 Å². The van der Waals surface area contributed by atoms with E-state index in [0.717, 1.165) is 12.8 Å². The number of likely N-dealkylation sites (tertiary alicyclic amines) is 1. The maximum atomic E-state index is 11.9. The predicted molar refractivity (Wildman–Crippen MR) is 75.2 cm³/mol. The molecular weight excluding hydrogens is 256 g/mol. The van der Waals surface area contributed by atoms with Gasteiger partial charge in [-0.2, -0.15) is 0 Å². The van der Waals surface area contributed by atoms with Crippen LogP contribution in [0.15, 0.2) is 30.3 Å². The number of hydrogen-bond acceptors (Lipinski definition) is 3. The number of amides is 2. The van der Waals surface area contributed by atoms with E-state index < -0.39 is 6.10 Å². The molecule has 1 saturated heterocycles. The van der Waals surface area contributed by atoms with Crippen LogP contribution in [0.25, 0.3) is 0 Å². The summed E-state index contributed by atoms with van der Waals surface area (Å²) in [7, 11) is 0. The van der Waals surface area contributed by atoms with E-state index in [4.69, 9.17) is 0 Å². The Hall–Kier alpha value is -1.88. The molecule has 1 aliphatic heterocycles. The van der Waals surface area contributed by atoms with Gasteiger partial charge in [-0.15, -0.1) is 0 Å². The van der Waals surface area contributed by atoms with E-state index in [0.29, 0.717) is 25.2 Å². The standard InChI is InChI=1S/C15H20N2O3/c18-13-7-4-10-17(11-13)14(19)8-9-16-15(20)12-5-2-1-3-6-12/h1-3,5-6,13,18H,4,7-11H2,(H,16,20). The van der Waals surface area contributed by atoms with Crippen molar-refractivity contribution < 1.29 is 14.7 Å². The van der Waals surface area contributed by atoms with Crippen molar-refractivity contribution in [3.63, 3.8) is 0 Å². The first-order valence-corrected chi connectivity index (χ1v) is 6.96. The highest BCUT2D eigenvalue weighted by Gasteiger charge is 2.21. The van der Waals surface area contributed by atoms with Crippen LogP contribution >= 0.6 is 0 Å². The van der Waals surface area contributed by atoms with Gasteiger partial charge in [0.1, 0.15) is 0 Å². The average Bonchev–Trinajstić information content (AvgIpc) is 2.48. The van der Waals surface area contributed by atoms with Crippen LogP contribution in [0.5, 0.6) is 0 Å². The number of aliphatic hydroxyl groups is 1. The quantitative estimate of drug-likeness (QED) is 0.854. The largest absolute Gasteiger partial charge is 0.391 e. The molecule has 1 heterocycles. The maximum absolute atomic E-state index is 11.9. The lowest BCUT2D eigenvalue weighted by Crippen LogP contribution is -2.43. The molecule has 0 radical (unpaired) electrons. The first-order chi connectivity index (χ1) is 9.66. The van der Waals surface area contributed by atoms with E-state index >= 15 is 0 Å². The van der Waals surface area contributed by atoms with Gasteiger partial charge in [-0.3, -0.25) is 9.59 Å². The number of nitrogens with zero attached hydrogens (tertiary/aromatic N) is 1. The monoisotopic (exact) mass is 276 g/mol. The highest BCUT2D eigenvalue weighted by atomic mass is 16.3. The van der Waals surface area contributed by atoms with Crippen LogP contribution in [0.4, 0.5) is 0 Å². The molecule has 2 amide bonds. The first-order valence-electron chi connectivity index (χ1n) is 6.96. The second kappa shape index (κ2) is 7.05. The number of aliphatic hydroxyl groups excluding tert-OH is 1. The normalized spacial score (nSPS) is 18.6. The number of piperidine rings is 1. The number of carbonyl (C=O) groups is 2. The van der Waals surface area contributed by atoms with Crippen LogP contribution in [0.2, 0.25) is 0 Å². The van der Waals surface area contributed by atoms with Gasteiger partial charge in [-0.25, -0.2) is 0 Å². The van der Waals surface area contributed by atoms with Crippen molar-refractivity contribution in [1.29, 1.82) is 0 Å². The number of nitrogens with one attached hydrogen (secondary N) is 1. The van der Waals surface area contributed by atoms with Crippen molar-refractivity contribution in [2.75, 3.05) is 19.6 Å². The summed E-state index contributed by atoms with van der Waals surface area (Å²) in [5, 5.41) is 12.3. The van der Waals surface area contributed by atoms with Crippen molar-refractivity contribution in [3.8, 4) is 0 Å². The van der Waals surface area contributed by atoms with E-state index in [1.807, 2.05) is 6.07 Å². The van der Waals surface area contributed by atoms with Crippen LogP contribution in [0.3, 0.4) is 0 Å².